The van der Waals surface area contributed by atoms with Crippen molar-refractivity contribution >= 4 is 11.9 Å². The largest absolute Gasteiger partial charge is 0.480 e. The number of hydrogen-bond donors (Lipinski definition) is 3. The zero-order valence-electron chi connectivity index (χ0n) is 6.65. The van der Waals surface area contributed by atoms with Gasteiger partial charge < -0.3 is 15.5 Å². The van der Waals surface area contributed by atoms with Crippen molar-refractivity contribution in [2.45, 2.75) is 19.1 Å². The van der Waals surface area contributed by atoms with Gasteiger partial charge in [-0.1, -0.05) is 6.58 Å². The Kier molecular flexibility index (Phi) is 3.99. The van der Waals surface area contributed by atoms with E-state index in [0.29, 0.717) is 0 Å². The van der Waals surface area contributed by atoms with Crippen molar-refractivity contribution in [2.75, 3.05) is 0 Å². The minimum absolute atomic E-state index is 0.622. The summed E-state index contributed by atoms with van der Waals surface area (Å²) < 4.78 is 0. The number of nitrogens with one attached hydrogen (secondary N) is 1. The third-order valence-corrected chi connectivity index (χ3v) is 1.23. The molecule has 2 atom stereocenters. The van der Waals surface area contributed by atoms with Crippen molar-refractivity contribution in [3.05, 3.63) is 12.7 Å². The topological polar surface area (TPSA) is 86.6 Å². The molecular weight excluding hydrogens is 162 g/mol. The van der Waals surface area contributed by atoms with E-state index in [-0.39, 0.29) is 0 Å². The number of aliphatic carboxylic acids is 1. The summed E-state index contributed by atoms with van der Waals surface area (Å²) in [6.07, 6.45) is -0.190. The Morgan fingerprint density at radius 2 is 2.08 bits per heavy atom. The molecule has 0 aromatic rings. The lowest BCUT2D eigenvalue weighted by atomic mass is 10.2. The van der Waals surface area contributed by atoms with Crippen molar-refractivity contribution in [2.24, 2.45) is 0 Å². The Morgan fingerprint density at radius 3 is 2.33 bits per heavy atom. The van der Waals surface area contributed by atoms with Crippen LogP contribution in [0.25, 0.3) is 0 Å². The standard InChI is InChI=1S/C7H11NO4/c1-3-5(10)8-6(4(2)9)7(11)12/h3-4,6,9H,1H2,2H3,(H,8,10)(H,11,12)/t4-,6+/m1/s1. The number of amides is 1. The molecule has 5 nitrogen and oxygen atoms in total. The van der Waals surface area contributed by atoms with Gasteiger partial charge in [0.1, 0.15) is 0 Å². The molecule has 68 valence electrons. The Bertz CT molecular complexity index is 200. The highest BCUT2D eigenvalue weighted by Crippen LogP contribution is 1.92. The summed E-state index contributed by atoms with van der Waals surface area (Å²) in [5, 5.41) is 19.4. The Hall–Kier alpha value is -1.36. The van der Waals surface area contributed by atoms with Gasteiger partial charge in [-0.05, 0) is 13.0 Å². The fourth-order valence-electron chi connectivity index (χ4n) is 0.601. The third kappa shape index (κ3) is 3.16. The minimum Gasteiger partial charge on any atom is -0.480 e. The molecule has 1 amide bonds. The summed E-state index contributed by atoms with van der Waals surface area (Å²) in [5.41, 5.74) is 0. The summed E-state index contributed by atoms with van der Waals surface area (Å²) in [5.74, 6) is -1.90. The van der Waals surface area contributed by atoms with Gasteiger partial charge >= 0.3 is 5.97 Å². The number of hydrogen-bond acceptors (Lipinski definition) is 3. The normalized spacial score (nSPS) is 14.5. The number of aliphatic hydroxyl groups is 1. The number of carboxylic acid groups (broad SMARTS) is 1. The van der Waals surface area contributed by atoms with Crippen LogP contribution >= 0.6 is 0 Å². The lowest BCUT2D eigenvalue weighted by molar-refractivity contribution is -0.144. The molecule has 0 saturated carbocycles. The van der Waals surface area contributed by atoms with E-state index >= 15 is 0 Å². The second-order valence-electron chi connectivity index (χ2n) is 2.27. The first-order chi connectivity index (χ1) is 5.49. The van der Waals surface area contributed by atoms with Gasteiger partial charge in [0.25, 0.3) is 0 Å². The Balaban J connectivity index is 4.23. The van der Waals surface area contributed by atoms with E-state index in [1.54, 1.807) is 0 Å². The van der Waals surface area contributed by atoms with Crippen LogP contribution in [0.3, 0.4) is 0 Å². The summed E-state index contributed by atoms with van der Waals surface area (Å²) in [4.78, 5) is 21.0. The van der Waals surface area contributed by atoms with Crippen molar-refractivity contribution in [3.63, 3.8) is 0 Å². The molecule has 0 spiro atoms. The number of carbonyl (C=O) groups excluding carboxylic acids is 1. The fraction of sp³-hybridized carbons (Fsp3) is 0.429. The van der Waals surface area contributed by atoms with E-state index in [1.165, 1.54) is 6.92 Å². The predicted octanol–water partition coefficient (Wildman–Crippen LogP) is -0.877. The zero-order valence-corrected chi connectivity index (χ0v) is 6.65. The second-order valence-corrected chi connectivity index (χ2v) is 2.27. The van der Waals surface area contributed by atoms with E-state index in [1.807, 2.05) is 0 Å². The Labute approximate surface area is 69.7 Å². The monoisotopic (exact) mass is 173 g/mol. The van der Waals surface area contributed by atoms with E-state index < -0.39 is 24.0 Å². The van der Waals surface area contributed by atoms with E-state index in [2.05, 4.69) is 11.9 Å². The summed E-state index contributed by atoms with van der Waals surface area (Å²) >= 11 is 0. The molecule has 0 unspecified atom stereocenters. The van der Waals surface area contributed by atoms with Gasteiger partial charge in [0.2, 0.25) is 5.91 Å². The smallest absolute Gasteiger partial charge is 0.328 e. The molecule has 5 heteroatoms. The minimum atomic E-state index is -1.28. The van der Waals surface area contributed by atoms with Gasteiger partial charge in [0.15, 0.2) is 6.04 Å². The maximum Gasteiger partial charge on any atom is 0.328 e. The number of carbonyl (C=O) groups is 2. The average molecular weight is 173 g/mol. The fourth-order valence-corrected chi connectivity index (χ4v) is 0.601. The first-order valence-corrected chi connectivity index (χ1v) is 3.33. The van der Waals surface area contributed by atoms with Crippen molar-refractivity contribution in [3.8, 4) is 0 Å². The number of aliphatic hydroxyl groups excluding tert-OH is 1. The predicted molar refractivity (Wildman–Crippen MR) is 41.4 cm³/mol. The molecule has 0 rings (SSSR count). The Morgan fingerprint density at radius 1 is 1.58 bits per heavy atom. The quantitative estimate of drug-likeness (QED) is 0.482. The molecule has 0 aromatic heterocycles. The van der Waals surface area contributed by atoms with Gasteiger partial charge in [-0.2, -0.15) is 0 Å². The second kappa shape index (κ2) is 4.50. The molecule has 0 radical (unpaired) electrons. The van der Waals surface area contributed by atoms with Crippen LogP contribution in [-0.2, 0) is 9.59 Å². The van der Waals surface area contributed by atoms with Crippen LogP contribution in [0.1, 0.15) is 6.92 Å². The molecule has 0 aliphatic heterocycles. The molecule has 0 aromatic carbocycles. The first kappa shape index (κ1) is 10.6. The van der Waals surface area contributed by atoms with Crippen LogP contribution in [0.2, 0.25) is 0 Å². The summed E-state index contributed by atoms with van der Waals surface area (Å²) in [6, 6.07) is -1.28. The van der Waals surface area contributed by atoms with Crippen LogP contribution in [0.15, 0.2) is 12.7 Å². The SMILES string of the molecule is C=CC(=O)N[C@H](C(=O)O)[C@@H](C)O. The maximum atomic E-state index is 10.6. The highest BCUT2D eigenvalue weighted by atomic mass is 16.4. The number of carboxylic acids is 1. The van der Waals surface area contributed by atoms with E-state index in [9.17, 15) is 9.59 Å². The van der Waals surface area contributed by atoms with E-state index in [0.717, 1.165) is 6.08 Å². The van der Waals surface area contributed by atoms with Crippen LogP contribution in [0, 0.1) is 0 Å². The molecule has 0 fully saturated rings. The molecule has 0 heterocycles. The van der Waals surface area contributed by atoms with Gasteiger partial charge in [-0.3, -0.25) is 4.79 Å². The van der Waals surface area contributed by atoms with Crippen LogP contribution in [-0.4, -0.2) is 34.2 Å². The molecule has 0 saturated heterocycles. The average Bonchev–Trinajstić information content (AvgIpc) is 1.98. The van der Waals surface area contributed by atoms with Crippen molar-refractivity contribution in [1.82, 2.24) is 5.32 Å². The highest BCUT2D eigenvalue weighted by Gasteiger charge is 2.23. The van der Waals surface area contributed by atoms with Crippen molar-refractivity contribution < 1.29 is 19.8 Å². The molecular formula is C7H11NO4. The van der Waals surface area contributed by atoms with Crippen LogP contribution < -0.4 is 5.32 Å². The molecule has 0 aliphatic rings. The highest BCUT2D eigenvalue weighted by molar-refractivity contribution is 5.90. The van der Waals surface area contributed by atoms with Gasteiger partial charge in [-0.15, -0.1) is 0 Å². The molecule has 3 N–H and O–H groups in total. The summed E-state index contributed by atoms with van der Waals surface area (Å²) in [6.45, 7) is 4.43. The van der Waals surface area contributed by atoms with Crippen LogP contribution in [0.4, 0.5) is 0 Å². The molecule has 12 heavy (non-hydrogen) atoms. The first-order valence-electron chi connectivity index (χ1n) is 3.33. The maximum absolute atomic E-state index is 10.6. The van der Waals surface area contributed by atoms with Gasteiger partial charge in [0.05, 0.1) is 6.10 Å². The van der Waals surface area contributed by atoms with E-state index in [4.69, 9.17) is 10.2 Å². The summed E-state index contributed by atoms with van der Waals surface area (Å²) in [7, 11) is 0. The lowest BCUT2D eigenvalue weighted by Gasteiger charge is -2.15. The third-order valence-electron chi connectivity index (χ3n) is 1.23. The zero-order chi connectivity index (χ0) is 9.72. The molecule has 0 bridgehead atoms. The molecule has 0 aliphatic carbocycles. The number of rotatable bonds is 4. The lowest BCUT2D eigenvalue weighted by Crippen LogP contribution is -2.47. The van der Waals surface area contributed by atoms with Gasteiger partial charge in [-0.25, -0.2) is 4.79 Å². The van der Waals surface area contributed by atoms with Gasteiger partial charge in [0, 0.05) is 0 Å². The van der Waals surface area contributed by atoms with Crippen LogP contribution in [0.5, 0.6) is 0 Å². The van der Waals surface area contributed by atoms with Crippen molar-refractivity contribution in [1.29, 1.82) is 0 Å².